The van der Waals surface area contributed by atoms with Gasteiger partial charge in [-0.15, -0.1) is 0 Å². The average molecular weight is 293 g/mol. The molecule has 0 amide bonds. The highest BCUT2D eigenvalue weighted by atomic mass is 16.5. The maximum Gasteiger partial charge on any atom is 0.309 e. The van der Waals surface area contributed by atoms with Crippen LogP contribution in [0.15, 0.2) is 0 Å². The monoisotopic (exact) mass is 293 g/mol. The summed E-state index contributed by atoms with van der Waals surface area (Å²) in [5, 5.41) is 0. The number of methoxy groups -OCH3 is 1. The zero-order valence-electron chi connectivity index (χ0n) is 13.8. The van der Waals surface area contributed by atoms with E-state index in [4.69, 9.17) is 4.74 Å². The SMILES string of the molecule is COC(=O)[C@H]1[C@H](C(C)C)C(=O)[C@H]2N(C)C[C@H]3CC[C@@H]1[C@]32C. The van der Waals surface area contributed by atoms with Gasteiger partial charge in [-0.25, -0.2) is 0 Å². The smallest absolute Gasteiger partial charge is 0.309 e. The molecule has 0 radical (unpaired) electrons. The van der Waals surface area contributed by atoms with Gasteiger partial charge in [0.25, 0.3) is 0 Å². The number of nitrogens with zero attached hydrogens (tertiary/aromatic N) is 1. The molecule has 1 aliphatic heterocycles. The third kappa shape index (κ3) is 1.77. The summed E-state index contributed by atoms with van der Waals surface area (Å²) >= 11 is 0. The van der Waals surface area contributed by atoms with Gasteiger partial charge in [0.05, 0.1) is 19.1 Å². The molecule has 3 aliphatic rings. The van der Waals surface area contributed by atoms with Gasteiger partial charge in [0.15, 0.2) is 5.78 Å². The summed E-state index contributed by atoms with van der Waals surface area (Å²) < 4.78 is 5.08. The first kappa shape index (κ1) is 15.0. The molecule has 3 rings (SSSR count). The number of esters is 1. The lowest BCUT2D eigenvalue weighted by Gasteiger charge is -2.49. The molecule has 2 aliphatic carbocycles. The third-order valence-corrected chi connectivity index (χ3v) is 6.65. The number of ketones is 1. The van der Waals surface area contributed by atoms with Crippen molar-refractivity contribution < 1.29 is 14.3 Å². The van der Waals surface area contributed by atoms with Crippen LogP contribution in [-0.2, 0) is 14.3 Å². The Morgan fingerprint density at radius 2 is 2.05 bits per heavy atom. The van der Waals surface area contributed by atoms with Crippen molar-refractivity contribution >= 4 is 11.8 Å². The normalized spacial score (nSPS) is 46.0. The number of rotatable bonds is 2. The van der Waals surface area contributed by atoms with Crippen LogP contribution in [-0.4, -0.2) is 43.4 Å². The molecule has 2 saturated carbocycles. The Bertz CT molecular complexity index is 475. The second-order valence-electron chi connectivity index (χ2n) is 7.81. The van der Waals surface area contributed by atoms with Crippen LogP contribution in [0.1, 0.15) is 33.6 Å². The Labute approximate surface area is 127 Å². The number of carbonyl (C=O) groups excluding carboxylic acids is 2. The van der Waals surface area contributed by atoms with Crippen molar-refractivity contribution in [3.63, 3.8) is 0 Å². The molecule has 0 aromatic heterocycles. The fourth-order valence-corrected chi connectivity index (χ4v) is 5.84. The Morgan fingerprint density at radius 3 is 2.62 bits per heavy atom. The van der Waals surface area contributed by atoms with Crippen LogP contribution < -0.4 is 0 Å². The van der Waals surface area contributed by atoms with Crippen LogP contribution in [0.4, 0.5) is 0 Å². The first-order valence-corrected chi connectivity index (χ1v) is 8.15. The van der Waals surface area contributed by atoms with Gasteiger partial charge >= 0.3 is 5.97 Å². The highest BCUT2D eigenvalue weighted by molar-refractivity contribution is 5.93. The molecule has 6 atom stereocenters. The second kappa shape index (κ2) is 4.80. The summed E-state index contributed by atoms with van der Waals surface area (Å²) in [5.41, 5.74) is -0.0456. The van der Waals surface area contributed by atoms with E-state index in [1.807, 2.05) is 0 Å². The summed E-state index contributed by atoms with van der Waals surface area (Å²) in [5.74, 6) is 0.656. The van der Waals surface area contributed by atoms with Gasteiger partial charge in [0.1, 0.15) is 0 Å². The lowest BCUT2D eigenvalue weighted by Crippen LogP contribution is -2.59. The fraction of sp³-hybridized carbons (Fsp3) is 0.882. The number of Topliss-reactive ketones (excluding diaryl/α,β-unsaturated/α-hetero) is 1. The van der Waals surface area contributed by atoms with Gasteiger partial charge in [-0.3, -0.25) is 14.5 Å². The van der Waals surface area contributed by atoms with Crippen molar-refractivity contribution in [2.45, 2.75) is 39.7 Å². The number of carbonyl (C=O) groups is 2. The minimum Gasteiger partial charge on any atom is -0.469 e. The van der Waals surface area contributed by atoms with E-state index in [1.165, 1.54) is 7.11 Å². The van der Waals surface area contributed by atoms with Crippen LogP contribution in [0.25, 0.3) is 0 Å². The van der Waals surface area contributed by atoms with E-state index < -0.39 is 0 Å². The Kier molecular flexibility index (Phi) is 3.43. The van der Waals surface area contributed by atoms with E-state index in [0.29, 0.717) is 5.92 Å². The summed E-state index contributed by atoms with van der Waals surface area (Å²) in [6, 6.07) is -0.0108. The first-order valence-electron chi connectivity index (χ1n) is 8.15. The number of ether oxygens (including phenoxy) is 1. The lowest BCUT2D eigenvalue weighted by atomic mass is 9.54. The Morgan fingerprint density at radius 1 is 1.38 bits per heavy atom. The van der Waals surface area contributed by atoms with Crippen LogP contribution in [0.5, 0.6) is 0 Å². The van der Waals surface area contributed by atoms with E-state index in [2.05, 4.69) is 32.7 Å². The van der Waals surface area contributed by atoms with Crippen LogP contribution in [0.3, 0.4) is 0 Å². The van der Waals surface area contributed by atoms with Crippen LogP contribution >= 0.6 is 0 Å². The maximum absolute atomic E-state index is 13.2. The number of hydrogen-bond donors (Lipinski definition) is 0. The first-order chi connectivity index (χ1) is 9.83. The minimum atomic E-state index is -0.250. The molecular formula is C17H27NO3. The van der Waals surface area contributed by atoms with E-state index in [1.54, 1.807) is 0 Å². The van der Waals surface area contributed by atoms with Gasteiger partial charge in [0.2, 0.25) is 0 Å². The average Bonchev–Trinajstić information content (AvgIpc) is 2.85. The topological polar surface area (TPSA) is 46.6 Å². The summed E-state index contributed by atoms with van der Waals surface area (Å²) in [4.78, 5) is 27.8. The van der Waals surface area contributed by atoms with Crippen LogP contribution in [0, 0.1) is 35.0 Å². The van der Waals surface area contributed by atoms with E-state index >= 15 is 0 Å². The quantitative estimate of drug-likeness (QED) is 0.730. The van der Waals surface area contributed by atoms with Crippen molar-refractivity contribution in [1.82, 2.24) is 4.90 Å². The number of likely N-dealkylation sites (tertiary alicyclic amines) is 1. The van der Waals surface area contributed by atoms with Gasteiger partial charge < -0.3 is 4.74 Å². The Balaban J connectivity index is 2.09. The molecule has 4 heteroatoms. The molecule has 1 heterocycles. The number of likely N-dealkylation sites (N-methyl/N-ethyl adjacent to an activating group) is 1. The zero-order valence-corrected chi connectivity index (χ0v) is 13.8. The van der Waals surface area contributed by atoms with Crippen molar-refractivity contribution in [3.8, 4) is 0 Å². The zero-order chi connectivity index (χ0) is 15.5. The molecule has 0 unspecified atom stereocenters. The summed E-state index contributed by atoms with van der Waals surface area (Å²) in [6.45, 7) is 7.35. The Hall–Kier alpha value is -0.900. The third-order valence-electron chi connectivity index (χ3n) is 6.65. The van der Waals surface area contributed by atoms with Gasteiger partial charge in [-0.2, -0.15) is 0 Å². The van der Waals surface area contributed by atoms with Gasteiger partial charge in [0, 0.05) is 12.5 Å². The fourth-order valence-electron chi connectivity index (χ4n) is 5.84. The maximum atomic E-state index is 13.2. The highest BCUT2D eigenvalue weighted by Gasteiger charge is 2.67. The molecule has 4 nitrogen and oxygen atoms in total. The van der Waals surface area contributed by atoms with Crippen molar-refractivity contribution in [2.24, 2.45) is 35.0 Å². The summed E-state index contributed by atoms with van der Waals surface area (Å²) in [6.07, 6.45) is 2.19. The molecule has 0 spiro atoms. The molecule has 21 heavy (non-hydrogen) atoms. The molecule has 1 saturated heterocycles. The standard InChI is InChI=1S/C17H27NO3/c1-9(2)12-13(16(20)21-5)11-7-6-10-8-18(4)15(14(12)19)17(10,11)3/h9-13,15H,6-8H2,1-5H3/t10-,11+,12+,13-,15-,17+/m1/s1. The molecule has 0 aromatic carbocycles. The minimum absolute atomic E-state index is 0.0108. The van der Waals surface area contributed by atoms with Crippen molar-refractivity contribution in [3.05, 3.63) is 0 Å². The molecular weight excluding hydrogens is 266 g/mol. The van der Waals surface area contributed by atoms with Crippen LogP contribution in [0.2, 0.25) is 0 Å². The largest absolute Gasteiger partial charge is 0.469 e. The molecule has 0 bridgehead atoms. The molecule has 118 valence electrons. The lowest BCUT2D eigenvalue weighted by molar-refractivity contribution is -0.165. The predicted molar refractivity (Wildman–Crippen MR) is 79.6 cm³/mol. The van der Waals surface area contributed by atoms with Crippen molar-refractivity contribution in [1.29, 1.82) is 0 Å². The number of hydrogen-bond acceptors (Lipinski definition) is 4. The second-order valence-corrected chi connectivity index (χ2v) is 7.81. The van der Waals surface area contributed by atoms with E-state index in [-0.39, 0.29) is 46.9 Å². The highest BCUT2D eigenvalue weighted by Crippen LogP contribution is 2.63. The summed E-state index contributed by atoms with van der Waals surface area (Å²) in [7, 11) is 3.52. The molecule has 0 N–H and O–H groups in total. The van der Waals surface area contributed by atoms with E-state index in [0.717, 1.165) is 19.4 Å². The van der Waals surface area contributed by atoms with Gasteiger partial charge in [-0.05, 0) is 43.1 Å². The predicted octanol–water partition coefficient (Wildman–Crippen LogP) is 1.98. The molecule has 3 fully saturated rings. The van der Waals surface area contributed by atoms with E-state index in [9.17, 15) is 9.59 Å². The van der Waals surface area contributed by atoms with Crippen molar-refractivity contribution in [2.75, 3.05) is 20.7 Å². The molecule has 0 aromatic rings. The van der Waals surface area contributed by atoms with Gasteiger partial charge in [-0.1, -0.05) is 20.8 Å².